The Kier molecular flexibility index (Phi) is 7.23. The lowest BCUT2D eigenvalue weighted by Crippen LogP contribution is -2.38. The molecule has 8 heteroatoms. The molecular weight excluding hydrogens is 421 g/mol. The van der Waals surface area contributed by atoms with Gasteiger partial charge in [0.15, 0.2) is 0 Å². The van der Waals surface area contributed by atoms with Gasteiger partial charge < -0.3 is 15.4 Å². The van der Waals surface area contributed by atoms with Gasteiger partial charge >= 0.3 is 6.09 Å². The van der Waals surface area contributed by atoms with E-state index >= 15 is 0 Å². The van der Waals surface area contributed by atoms with E-state index in [4.69, 9.17) is 4.74 Å². The van der Waals surface area contributed by atoms with E-state index in [1.54, 1.807) is 12.1 Å². The van der Waals surface area contributed by atoms with Crippen LogP contribution in [0, 0.1) is 17.1 Å². The van der Waals surface area contributed by atoms with Crippen molar-refractivity contribution in [2.24, 2.45) is 0 Å². The topological polar surface area (TPSA) is 99.9 Å². The van der Waals surface area contributed by atoms with Gasteiger partial charge in [-0.1, -0.05) is 30.3 Å². The first-order valence-corrected chi connectivity index (χ1v) is 10.5. The molecule has 1 atom stereocenters. The molecule has 170 valence electrons. The first-order chi connectivity index (χ1) is 15.6. The fraction of sp³-hybridized carbons (Fsp3) is 0.280. The van der Waals surface area contributed by atoms with Crippen LogP contribution < -0.4 is 10.6 Å². The number of alkyl carbamates (subject to hydrolysis) is 1. The smallest absolute Gasteiger partial charge is 0.407 e. The standard InChI is InChI=1S/C25H26FN5O2/c1-16(29-24(32)33-25(2,3)4)12-17-8-10-18(11-9-17)22-19(14-27)15-28-23(31-22)30-21-7-5-6-20(26)13-21/h5-11,13,15-16H,12H2,1-4H3,(H,29,32)(H,28,30,31). The lowest BCUT2D eigenvalue weighted by molar-refractivity contribution is 0.0508. The third-order valence-corrected chi connectivity index (χ3v) is 4.52. The molecule has 2 N–H and O–H groups in total. The molecule has 0 fully saturated rings. The molecule has 2 aromatic carbocycles. The van der Waals surface area contributed by atoms with Crippen LogP contribution in [0.4, 0.5) is 20.8 Å². The molecule has 1 unspecified atom stereocenters. The van der Waals surface area contributed by atoms with Crippen LogP contribution in [0.1, 0.15) is 38.8 Å². The van der Waals surface area contributed by atoms with Crippen LogP contribution in [-0.4, -0.2) is 27.7 Å². The second-order valence-electron chi connectivity index (χ2n) is 8.65. The highest BCUT2D eigenvalue weighted by atomic mass is 19.1. The molecule has 3 aromatic rings. The number of nitrogens with zero attached hydrogens (tertiary/aromatic N) is 3. The van der Waals surface area contributed by atoms with Gasteiger partial charge in [-0.25, -0.2) is 19.2 Å². The monoisotopic (exact) mass is 447 g/mol. The first-order valence-electron chi connectivity index (χ1n) is 10.5. The molecule has 0 saturated heterocycles. The average molecular weight is 448 g/mol. The van der Waals surface area contributed by atoms with E-state index in [0.717, 1.165) is 11.1 Å². The fourth-order valence-corrected chi connectivity index (χ4v) is 3.15. The van der Waals surface area contributed by atoms with Crippen molar-refractivity contribution in [1.29, 1.82) is 5.26 Å². The maximum absolute atomic E-state index is 13.4. The van der Waals surface area contributed by atoms with Crippen molar-refractivity contribution in [1.82, 2.24) is 15.3 Å². The molecule has 0 spiro atoms. The molecule has 0 radical (unpaired) electrons. The summed E-state index contributed by atoms with van der Waals surface area (Å²) in [7, 11) is 0. The van der Waals surface area contributed by atoms with E-state index < -0.39 is 11.7 Å². The number of nitrogens with one attached hydrogen (secondary N) is 2. The van der Waals surface area contributed by atoms with Crippen molar-refractivity contribution in [2.45, 2.75) is 45.8 Å². The molecule has 1 amide bonds. The number of rotatable bonds is 6. The van der Waals surface area contributed by atoms with Crippen LogP contribution >= 0.6 is 0 Å². The summed E-state index contributed by atoms with van der Waals surface area (Å²) < 4.78 is 18.7. The summed E-state index contributed by atoms with van der Waals surface area (Å²) in [5.74, 6) is -0.117. The number of ether oxygens (including phenoxy) is 1. The number of amides is 1. The number of anilines is 2. The van der Waals surface area contributed by atoms with Gasteiger partial charge in [-0.05, 0) is 57.9 Å². The maximum Gasteiger partial charge on any atom is 0.407 e. The fourth-order valence-electron chi connectivity index (χ4n) is 3.15. The number of hydrogen-bond acceptors (Lipinski definition) is 6. The number of carbonyl (C=O) groups excluding carboxylic acids is 1. The summed E-state index contributed by atoms with van der Waals surface area (Å²) in [6.07, 6.45) is 1.59. The predicted molar refractivity (Wildman–Crippen MR) is 124 cm³/mol. The highest BCUT2D eigenvalue weighted by Gasteiger charge is 2.18. The van der Waals surface area contributed by atoms with E-state index in [9.17, 15) is 14.4 Å². The Hall–Kier alpha value is -3.99. The SMILES string of the molecule is CC(Cc1ccc(-c2nc(Nc3cccc(F)c3)ncc2C#N)cc1)NC(=O)OC(C)(C)C. The molecular formula is C25H26FN5O2. The first kappa shape index (κ1) is 23.7. The van der Waals surface area contributed by atoms with Crippen molar-refractivity contribution < 1.29 is 13.9 Å². The lowest BCUT2D eigenvalue weighted by atomic mass is 10.0. The summed E-state index contributed by atoms with van der Waals surface area (Å²) in [4.78, 5) is 20.6. The Morgan fingerprint density at radius 1 is 1.21 bits per heavy atom. The summed E-state index contributed by atoms with van der Waals surface area (Å²) in [5, 5.41) is 15.3. The van der Waals surface area contributed by atoms with Crippen LogP contribution in [0.15, 0.2) is 54.7 Å². The van der Waals surface area contributed by atoms with Gasteiger partial charge in [0.25, 0.3) is 0 Å². The van der Waals surface area contributed by atoms with Crippen molar-refractivity contribution in [3.63, 3.8) is 0 Å². The van der Waals surface area contributed by atoms with E-state index in [0.29, 0.717) is 23.4 Å². The predicted octanol–water partition coefficient (Wildman–Crippen LogP) is 5.35. The molecule has 0 aliphatic heterocycles. The zero-order chi connectivity index (χ0) is 24.0. The summed E-state index contributed by atoms with van der Waals surface area (Å²) in [6, 6.07) is 15.5. The van der Waals surface area contributed by atoms with Crippen LogP contribution in [0.3, 0.4) is 0 Å². The number of hydrogen-bond donors (Lipinski definition) is 2. The quantitative estimate of drug-likeness (QED) is 0.528. The Bertz CT molecular complexity index is 1170. The Morgan fingerprint density at radius 2 is 1.94 bits per heavy atom. The van der Waals surface area contributed by atoms with Crippen LogP contribution in [0.25, 0.3) is 11.3 Å². The number of nitriles is 1. The lowest BCUT2D eigenvalue weighted by Gasteiger charge is -2.22. The maximum atomic E-state index is 13.4. The second-order valence-corrected chi connectivity index (χ2v) is 8.65. The highest BCUT2D eigenvalue weighted by Crippen LogP contribution is 2.24. The molecule has 0 bridgehead atoms. The molecule has 7 nitrogen and oxygen atoms in total. The largest absolute Gasteiger partial charge is 0.444 e. The van der Waals surface area contributed by atoms with Crippen molar-refractivity contribution in [3.8, 4) is 17.3 Å². The number of halogens is 1. The normalized spacial score (nSPS) is 11.9. The summed E-state index contributed by atoms with van der Waals surface area (Å²) in [6.45, 7) is 7.35. The van der Waals surface area contributed by atoms with Gasteiger partial charge in [0.05, 0.1) is 17.5 Å². The Balaban J connectivity index is 1.73. The molecule has 0 saturated carbocycles. The van der Waals surface area contributed by atoms with Gasteiger partial charge in [0, 0.05) is 17.3 Å². The van der Waals surface area contributed by atoms with Gasteiger partial charge in [-0.15, -0.1) is 0 Å². The van der Waals surface area contributed by atoms with Crippen LogP contribution in [-0.2, 0) is 11.2 Å². The molecule has 0 aliphatic rings. The minimum absolute atomic E-state index is 0.124. The third-order valence-electron chi connectivity index (χ3n) is 4.52. The third kappa shape index (κ3) is 7.01. The van der Waals surface area contributed by atoms with E-state index in [1.807, 2.05) is 52.0 Å². The van der Waals surface area contributed by atoms with Gasteiger partial charge in [-0.2, -0.15) is 5.26 Å². The molecule has 1 heterocycles. The van der Waals surface area contributed by atoms with Crippen LogP contribution in [0.2, 0.25) is 0 Å². The van der Waals surface area contributed by atoms with E-state index in [1.165, 1.54) is 18.3 Å². The zero-order valence-corrected chi connectivity index (χ0v) is 19.0. The second kappa shape index (κ2) is 10.1. The highest BCUT2D eigenvalue weighted by molar-refractivity contribution is 5.69. The number of benzene rings is 2. The van der Waals surface area contributed by atoms with Crippen molar-refractivity contribution in [3.05, 3.63) is 71.7 Å². The van der Waals surface area contributed by atoms with Crippen LogP contribution in [0.5, 0.6) is 0 Å². The van der Waals surface area contributed by atoms with Crippen molar-refractivity contribution >= 4 is 17.7 Å². The Morgan fingerprint density at radius 3 is 2.58 bits per heavy atom. The van der Waals surface area contributed by atoms with Gasteiger partial charge in [-0.3, -0.25) is 0 Å². The van der Waals surface area contributed by atoms with Crippen molar-refractivity contribution in [2.75, 3.05) is 5.32 Å². The molecule has 1 aromatic heterocycles. The van der Waals surface area contributed by atoms with Gasteiger partial charge in [0.2, 0.25) is 5.95 Å². The number of carbonyl (C=O) groups is 1. The molecule has 3 rings (SSSR count). The molecule has 0 aliphatic carbocycles. The van der Waals surface area contributed by atoms with E-state index in [2.05, 4.69) is 26.7 Å². The number of aromatic nitrogens is 2. The summed E-state index contributed by atoms with van der Waals surface area (Å²) in [5.41, 5.74) is 2.50. The Labute approximate surface area is 192 Å². The minimum atomic E-state index is -0.552. The van der Waals surface area contributed by atoms with Gasteiger partial charge in [0.1, 0.15) is 17.5 Å². The zero-order valence-electron chi connectivity index (χ0n) is 19.0. The summed E-state index contributed by atoms with van der Waals surface area (Å²) >= 11 is 0. The molecule has 33 heavy (non-hydrogen) atoms. The minimum Gasteiger partial charge on any atom is -0.444 e. The average Bonchev–Trinajstić information content (AvgIpc) is 2.73. The van der Waals surface area contributed by atoms with E-state index in [-0.39, 0.29) is 17.8 Å².